The van der Waals surface area contributed by atoms with Crippen LogP contribution in [0.1, 0.15) is 35.2 Å². The Balaban J connectivity index is 1.59. The fraction of sp³-hybridized carbons (Fsp3) is 0.217. The molecule has 1 unspecified atom stereocenters. The van der Waals surface area contributed by atoms with E-state index in [-0.39, 0.29) is 24.6 Å². The lowest BCUT2D eigenvalue weighted by molar-refractivity contribution is -0.121. The van der Waals surface area contributed by atoms with Crippen molar-refractivity contribution in [1.82, 2.24) is 19.9 Å². The molecule has 164 valence electrons. The maximum Gasteiger partial charge on any atom is 0.227 e. The molecule has 2 N–H and O–H groups in total. The van der Waals surface area contributed by atoms with Crippen LogP contribution in [0.25, 0.3) is 5.65 Å². The monoisotopic (exact) mass is 434 g/mol. The Bertz CT molecular complexity index is 1310. The predicted octanol–water partition coefficient (Wildman–Crippen LogP) is 2.54. The minimum Gasteiger partial charge on any atom is -0.502 e. The Morgan fingerprint density at radius 2 is 2.00 bits per heavy atom. The van der Waals surface area contributed by atoms with Crippen molar-refractivity contribution in [3.8, 4) is 11.5 Å². The number of carbonyl (C=O) groups excluding carboxylic acids is 1. The molecule has 0 aliphatic heterocycles. The first-order chi connectivity index (χ1) is 15.5. The summed E-state index contributed by atoms with van der Waals surface area (Å²) in [4.78, 5) is 25.0. The van der Waals surface area contributed by atoms with Gasteiger partial charge in [-0.3, -0.25) is 14.0 Å². The van der Waals surface area contributed by atoms with Crippen LogP contribution in [-0.4, -0.2) is 32.7 Å². The van der Waals surface area contributed by atoms with Crippen LogP contribution in [0.3, 0.4) is 0 Å². The fourth-order valence-corrected chi connectivity index (χ4v) is 3.51. The number of aromatic nitrogens is 3. The fourth-order valence-electron chi connectivity index (χ4n) is 3.51. The highest BCUT2D eigenvalue weighted by molar-refractivity contribution is 5.77. The number of nitrogens with zero attached hydrogens (tertiary/aromatic N) is 3. The highest BCUT2D eigenvalue weighted by Crippen LogP contribution is 2.33. The molecule has 0 radical (unpaired) electrons. The summed E-state index contributed by atoms with van der Waals surface area (Å²) in [7, 11) is 1.56. The van der Waals surface area contributed by atoms with E-state index in [0.717, 1.165) is 0 Å². The van der Waals surface area contributed by atoms with Gasteiger partial charge < -0.3 is 19.6 Å². The summed E-state index contributed by atoms with van der Waals surface area (Å²) in [5.74, 6) is 0.128. The van der Waals surface area contributed by atoms with Gasteiger partial charge in [-0.1, -0.05) is 18.2 Å². The van der Waals surface area contributed by atoms with Gasteiger partial charge in [-0.25, -0.2) is 0 Å². The lowest BCUT2D eigenvalue weighted by atomic mass is 9.91. The Morgan fingerprint density at radius 3 is 2.75 bits per heavy atom. The molecule has 3 heterocycles. The first-order valence-corrected chi connectivity index (χ1v) is 9.99. The molecular weight excluding hydrogens is 412 g/mol. The van der Waals surface area contributed by atoms with Crippen LogP contribution in [0, 0.1) is 6.92 Å². The van der Waals surface area contributed by atoms with Crippen molar-refractivity contribution in [3.05, 3.63) is 87.9 Å². The van der Waals surface area contributed by atoms with Gasteiger partial charge in [-0.2, -0.15) is 0 Å². The Hall–Kier alpha value is -4.14. The number of ether oxygens (including phenoxy) is 1. The van der Waals surface area contributed by atoms with Gasteiger partial charge in [0.05, 0.1) is 19.6 Å². The molecule has 0 fully saturated rings. The van der Waals surface area contributed by atoms with Gasteiger partial charge in [-0.05, 0) is 36.8 Å². The van der Waals surface area contributed by atoms with Crippen LogP contribution in [0.5, 0.6) is 11.5 Å². The minimum atomic E-state index is -0.677. The molecule has 4 aromatic rings. The molecule has 0 saturated heterocycles. The van der Waals surface area contributed by atoms with Gasteiger partial charge in [0.15, 0.2) is 17.2 Å². The number of aryl methyl sites for hydroxylation is 1. The zero-order valence-corrected chi connectivity index (χ0v) is 17.6. The molecule has 32 heavy (non-hydrogen) atoms. The first-order valence-electron chi connectivity index (χ1n) is 9.99. The smallest absolute Gasteiger partial charge is 0.227 e. The molecule has 9 nitrogen and oxygen atoms in total. The summed E-state index contributed by atoms with van der Waals surface area (Å²) in [5, 5.41) is 21.4. The lowest BCUT2D eigenvalue weighted by Crippen LogP contribution is -2.26. The van der Waals surface area contributed by atoms with E-state index >= 15 is 0 Å². The number of rotatable bonds is 7. The molecule has 0 bridgehead atoms. The molecule has 3 aromatic heterocycles. The van der Waals surface area contributed by atoms with Crippen LogP contribution in [0.15, 0.2) is 63.9 Å². The van der Waals surface area contributed by atoms with Gasteiger partial charge >= 0.3 is 0 Å². The van der Waals surface area contributed by atoms with Gasteiger partial charge in [0.1, 0.15) is 11.5 Å². The predicted molar refractivity (Wildman–Crippen MR) is 116 cm³/mol. The number of aromatic hydroxyl groups is 1. The molecule has 0 aliphatic carbocycles. The minimum absolute atomic E-state index is 0.0447. The third-order valence-electron chi connectivity index (χ3n) is 5.12. The number of nitrogens with one attached hydrogen (secondary N) is 1. The second-order valence-corrected chi connectivity index (χ2v) is 7.29. The van der Waals surface area contributed by atoms with E-state index in [2.05, 4.69) is 15.5 Å². The van der Waals surface area contributed by atoms with E-state index in [9.17, 15) is 14.7 Å². The second kappa shape index (κ2) is 8.93. The summed E-state index contributed by atoms with van der Waals surface area (Å²) in [6.45, 7) is 1.79. The van der Waals surface area contributed by atoms with E-state index in [1.54, 1.807) is 42.7 Å². The molecule has 1 amide bonds. The summed E-state index contributed by atoms with van der Waals surface area (Å²) in [6, 6.07) is 13.8. The molecule has 0 saturated carbocycles. The normalized spacial score (nSPS) is 11.9. The topological polar surface area (TPSA) is 119 Å². The molecule has 4 rings (SSSR count). The molecule has 9 heteroatoms. The summed E-state index contributed by atoms with van der Waals surface area (Å²) in [5.41, 5.74) is 0.815. The number of hydrogen-bond donors (Lipinski definition) is 2. The third kappa shape index (κ3) is 4.31. The molecule has 0 spiro atoms. The van der Waals surface area contributed by atoms with Crippen molar-refractivity contribution in [2.24, 2.45) is 0 Å². The van der Waals surface area contributed by atoms with E-state index in [0.29, 0.717) is 28.5 Å². The Morgan fingerprint density at radius 1 is 1.22 bits per heavy atom. The van der Waals surface area contributed by atoms with Crippen molar-refractivity contribution in [3.63, 3.8) is 0 Å². The maximum atomic E-state index is 12.8. The van der Waals surface area contributed by atoms with Gasteiger partial charge in [0.25, 0.3) is 0 Å². The zero-order valence-electron chi connectivity index (χ0n) is 17.6. The Kier molecular flexibility index (Phi) is 5.89. The average molecular weight is 434 g/mol. The van der Waals surface area contributed by atoms with Crippen LogP contribution >= 0.6 is 0 Å². The molecular formula is C23H22N4O5. The third-order valence-corrected chi connectivity index (χ3v) is 5.12. The maximum absolute atomic E-state index is 12.8. The number of benzene rings is 1. The van der Waals surface area contributed by atoms with Crippen LogP contribution in [0.2, 0.25) is 0 Å². The van der Waals surface area contributed by atoms with Crippen molar-refractivity contribution >= 4 is 11.6 Å². The standard InChI is InChI=1S/C23H22N4O5/c1-14-11-18(28)22(30)23(32-14)17(15-6-8-16(31-2)9-7-15)12-21(29)24-13-20-26-25-19-5-3-4-10-27(19)20/h3-11,17,30H,12-13H2,1-2H3,(H,24,29). The number of fused-ring (bicyclic) bond motifs is 1. The van der Waals surface area contributed by atoms with Crippen molar-refractivity contribution < 1.29 is 19.1 Å². The number of carbonyl (C=O) groups is 1. The van der Waals surface area contributed by atoms with Gasteiger partial charge in [0.2, 0.25) is 17.1 Å². The van der Waals surface area contributed by atoms with Gasteiger partial charge in [0, 0.05) is 18.7 Å². The Labute approximate surface area is 183 Å². The van der Waals surface area contributed by atoms with Crippen molar-refractivity contribution in [2.45, 2.75) is 25.8 Å². The van der Waals surface area contributed by atoms with Crippen LogP contribution < -0.4 is 15.5 Å². The molecule has 1 aromatic carbocycles. The second-order valence-electron chi connectivity index (χ2n) is 7.29. The summed E-state index contributed by atoms with van der Waals surface area (Å²) < 4.78 is 12.7. The highest BCUT2D eigenvalue weighted by atomic mass is 16.5. The quantitative estimate of drug-likeness (QED) is 0.459. The van der Waals surface area contributed by atoms with Crippen molar-refractivity contribution in [2.75, 3.05) is 7.11 Å². The van der Waals surface area contributed by atoms with Crippen molar-refractivity contribution in [1.29, 1.82) is 0 Å². The average Bonchev–Trinajstić information content (AvgIpc) is 3.22. The zero-order chi connectivity index (χ0) is 22.7. The number of hydrogen-bond acceptors (Lipinski definition) is 7. The molecule has 0 aliphatic rings. The van der Waals surface area contributed by atoms with Crippen LogP contribution in [-0.2, 0) is 11.3 Å². The number of methoxy groups -OCH3 is 1. The molecule has 1 atom stereocenters. The summed E-state index contributed by atoms with van der Waals surface area (Å²) in [6.07, 6.45) is 1.76. The van der Waals surface area contributed by atoms with E-state index in [1.807, 2.05) is 24.4 Å². The van der Waals surface area contributed by atoms with E-state index < -0.39 is 17.1 Å². The van der Waals surface area contributed by atoms with E-state index in [4.69, 9.17) is 9.15 Å². The van der Waals surface area contributed by atoms with E-state index in [1.165, 1.54) is 6.07 Å². The summed E-state index contributed by atoms with van der Waals surface area (Å²) >= 11 is 0. The van der Waals surface area contributed by atoms with Gasteiger partial charge in [-0.15, -0.1) is 10.2 Å². The number of amides is 1. The number of pyridine rings is 1. The first kappa shape index (κ1) is 21.1. The van der Waals surface area contributed by atoms with Crippen LogP contribution in [0.4, 0.5) is 0 Å². The largest absolute Gasteiger partial charge is 0.502 e. The SMILES string of the molecule is COc1ccc(C(CC(=O)NCc2nnc3ccccn23)c2oc(C)cc(=O)c2O)cc1. The lowest BCUT2D eigenvalue weighted by Gasteiger charge is -2.18. The highest BCUT2D eigenvalue weighted by Gasteiger charge is 2.26.